The lowest BCUT2D eigenvalue weighted by Crippen LogP contribution is -2.21. The van der Waals surface area contributed by atoms with Crippen molar-refractivity contribution in [2.45, 2.75) is 6.54 Å². The Morgan fingerprint density at radius 3 is 2.95 bits per heavy atom. The minimum absolute atomic E-state index is 0.0962. The molecule has 3 rings (SSSR count). The first kappa shape index (κ1) is 11.4. The lowest BCUT2D eigenvalue weighted by molar-refractivity contribution is 0.745. The zero-order valence-corrected chi connectivity index (χ0v) is 10.2. The SMILES string of the molecule is Nc1ccc2ncn(Cc3cccnc3)c(=O)c2c1. The van der Waals surface area contributed by atoms with Crippen LogP contribution >= 0.6 is 0 Å². The number of rotatable bonds is 2. The molecule has 3 aromatic rings. The summed E-state index contributed by atoms with van der Waals surface area (Å²) in [4.78, 5) is 20.6. The highest BCUT2D eigenvalue weighted by molar-refractivity contribution is 5.80. The van der Waals surface area contributed by atoms with Crippen molar-refractivity contribution in [2.75, 3.05) is 5.73 Å². The standard InChI is InChI=1S/C14H12N4O/c15-11-3-4-13-12(6-11)14(19)18(9-17-13)8-10-2-1-5-16-7-10/h1-7,9H,8,15H2. The number of nitrogens with zero attached hydrogens (tertiary/aromatic N) is 3. The van der Waals surface area contributed by atoms with Crippen LogP contribution in [0.1, 0.15) is 5.56 Å². The maximum atomic E-state index is 12.3. The lowest BCUT2D eigenvalue weighted by atomic mass is 10.2. The summed E-state index contributed by atoms with van der Waals surface area (Å²) in [5.74, 6) is 0. The largest absolute Gasteiger partial charge is 0.399 e. The molecule has 2 N–H and O–H groups in total. The van der Waals surface area contributed by atoms with E-state index >= 15 is 0 Å². The molecule has 0 atom stereocenters. The van der Waals surface area contributed by atoms with Gasteiger partial charge in [0.05, 0.1) is 23.8 Å². The molecule has 0 unspecified atom stereocenters. The Morgan fingerprint density at radius 2 is 2.16 bits per heavy atom. The zero-order chi connectivity index (χ0) is 13.2. The van der Waals surface area contributed by atoms with Gasteiger partial charge in [-0.25, -0.2) is 4.98 Å². The molecule has 5 heteroatoms. The summed E-state index contributed by atoms with van der Waals surface area (Å²) in [6, 6.07) is 8.90. The molecule has 0 saturated heterocycles. The minimum atomic E-state index is -0.0962. The van der Waals surface area contributed by atoms with Crippen molar-refractivity contribution in [3.8, 4) is 0 Å². The predicted molar refractivity (Wildman–Crippen MR) is 73.8 cm³/mol. The van der Waals surface area contributed by atoms with E-state index in [1.54, 1.807) is 41.5 Å². The van der Waals surface area contributed by atoms with Gasteiger partial charge in [-0.3, -0.25) is 14.3 Å². The highest BCUT2D eigenvalue weighted by Crippen LogP contribution is 2.11. The number of anilines is 1. The molecule has 0 saturated carbocycles. The van der Waals surface area contributed by atoms with Crippen molar-refractivity contribution in [1.29, 1.82) is 0 Å². The fraction of sp³-hybridized carbons (Fsp3) is 0.0714. The number of nitrogen functional groups attached to an aromatic ring is 1. The topological polar surface area (TPSA) is 73.8 Å². The number of nitrogens with two attached hydrogens (primary N) is 1. The number of aromatic nitrogens is 3. The van der Waals surface area contributed by atoms with Crippen LogP contribution in [0.25, 0.3) is 10.9 Å². The zero-order valence-electron chi connectivity index (χ0n) is 10.2. The normalized spacial score (nSPS) is 10.7. The second-order valence-electron chi connectivity index (χ2n) is 4.32. The van der Waals surface area contributed by atoms with Gasteiger partial charge in [-0.05, 0) is 29.8 Å². The van der Waals surface area contributed by atoms with E-state index < -0.39 is 0 Å². The van der Waals surface area contributed by atoms with Crippen LogP contribution in [0.15, 0.2) is 53.8 Å². The number of pyridine rings is 1. The molecule has 94 valence electrons. The summed E-state index contributed by atoms with van der Waals surface area (Å²) in [7, 11) is 0. The summed E-state index contributed by atoms with van der Waals surface area (Å²) < 4.78 is 1.55. The third-order valence-electron chi connectivity index (χ3n) is 2.92. The molecule has 0 aliphatic heterocycles. The molecule has 0 bridgehead atoms. The Labute approximate surface area is 109 Å². The molecule has 1 aromatic carbocycles. The molecule has 2 aromatic heterocycles. The Morgan fingerprint density at radius 1 is 1.26 bits per heavy atom. The van der Waals surface area contributed by atoms with Crippen LogP contribution < -0.4 is 11.3 Å². The second-order valence-corrected chi connectivity index (χ2v) is 4.32. The van der Waals surface area contributed by atoms with Crippen LogP contribution in [-0.4, -0.2) is 14.5 Å². The van der Waals surface area contributed by atoms with E-state index in [0.717, 1.165) is 5.56 Å². The summed E-state index contributed by atoms with van der Waals surface area (Å²) >= 11 is 0. The molecule has 0 aliphatic carbocycles. The average molecular weight is 252 g/mol. The second kappa shape index (κ2) is 4.53. The smallest absolute Gasteiger partial charge is 0.261 e. The van der Waals surface area contributed by atoms with Gasteiger partial charge in [0.15, 0.2) is 0 Å². The van der Waals surface area contributed by atoms with E-state index in [4.69, 9.17) is 5.73 Å². The lowest BCUT2D eigenvalue weighted by Gasteiger charge is -2.06. The first-order valence-corrected chi connectivity index (χ1v) is 5.87. The van der Waals surface area contributed by atoms with E-state index in [1.807, 2.05) is 12.1 Å². The van der Waals surface area contributed by atoms with Crippen LogP contribution in [0.3, 0.4) is 0 Å². The number of fused-ring (bicyclic) bond motifs is 1. The van der Waals surface area contributed by atoms with E-state index in [2.05, 4.69) is 9.97 Å². The van der Waals surface area contributed by atoms with Crippen LogP contribution in [0, 0.1) is 0 Å². The van der Waals surface area contributed by atoms with E-state index in [0.29, 0.717) is 23.1 Å². The van der Waals surface area contributed by atoms with Crippen molar-refractivity contribution in [3.63, 3.8) is 0 Å². The van der Waals surface area contributed by atoms with Crippen LogP contribution in [-0.2, 0) is 6.54 Å². The number of hydrogen-bond donors (Lipinski definition) is 1. The van der Waals surface area contributed by atoms with Gasteiger partial charge in [0.25, 0.3) is 5.56 Å². The van der Waals surface area contributed by atoms with E-state index in [-0.39, 0.29) is 5.56 Å². The molecule has 0 aliphatic rings. The Hall–Kier alpha value is -2.69. The highest BCUT2D eigenvalue weighted by atomic mass is 16.1. The predicted octanol–water partition coefficient (Wildman–Crippen LogP) is 1.42. The van der Waals surface area contributed by atoms with Gasteiger partial charge in [0, 0.05) is 18.1 Å². The number of hydrogen-bond acceptors (Lipinski definition) is 4. The quantitative estimate of drug-likeness (QED) is 0.700. The maximum absolute atomic E-state index is 12.3. The summed E-state index contributed by atoms with van der Waals surface area (Å²) in [5.41, 5.74) is 7.78. The average Bonchev–Trinajstić information content (AvgIpc) is 2.44. The Bertz CT molecular complexity index is 780. The van der Waals surface area contributed by atoms with Gasteiger partial charge in [-0.15, -0.1) is 0 Å². The monoisotopic (exact) mass is 252 g/mol. The number of benzene rings is 1. The van der Waals surface area contributed by atoms with E-state index in [9.17, 15) is 4.79 Å². The third-order valence-corrected chi connectivity index (χ3v) is 2.92. The van der Waals surface area contributed by atoms with Crippen LogP contribution in [0.2, 0.25) is 0 Å². The Kier molecular flexibility index (Phi) is 2.72. The minimum Gasteiger partial charge on any atom is -0.399 e. The van der Waals surface area contributed by atoms with Crippen LogP contribution in [0.4, 0.5) is 5.69 Å². The molecule has 0 fully saturated rings. The molecule has 0 radical (unpaired) electrons. The van der Waals surface area contributed by atoms with Gasteiger partial charge in [-0.2, -0.15) is 0 Å². The molecule has 19 heavy (non-hydrogen) atoms. The summed E-state index contributed by atoms with van der Waals surface area (Å²) in [5, 5.41) is 0.534. The van der Waals surface area contributed by atoms with E-state index in [1.165, 1.54) is 0 Å². The van der Waals surface area contributed by atoms with Crippen molar-refractivity contribution in [2.24, 2.45) is 0 Å². The fourth-order valence-corrected chi connectivity index (χ4v) is 1.98. The maximum Gasteiger partial charge on any atom is 0.261 e. The van der Waals surface area contributed by atoms with Gasteiger partial charge in [-0.1, -0.05) is 6.07 Å². The first-order chi connectivity index (χ1) is 9.24. The van der Waals surface area contributed by atoms with Gasteiger partial charge < -0.3 is 5.73 Å². The summed E-state index contributed by atoms with van der Waals surface area (Å²) in [6.45, 7) is 0.449. The highest BCUT2D eigenvalue weighted by Gasteiger charge is 2.05. The third kappa shape index (κ3) is 2.18. The van der Waals surface area contributed by atoms with Crippen molar-refractivity contribution in [1.82, 2.24) is 14.5 Å². The molecular weight excluding hydrogens is 240 g/mol. The fourth-order valence-electron chi connectivity index (χ4n) is 1.98. The van der Waals surface area contributed by atoms with Crippen molar-refractivity contribution < 1.29 is 0 Å². The van der Waals surface area contributed by atoms with Crippen LogP contribution in [0.5, 0.6) is 0 Å². The van der Waals surface area contributed by atoms with Gasteiger partial charge in [0.2, 0.25) is 0 Å². The Balaban J connectivity index is 2.10. The van der Waals surface area contributed by atoms with Crippen molar-refractivity contribution >= 4 is 16.6 Å². The molecule has 0 amide bonds. The summed E-state index contributed by atoms with van der Waals surface area (Å²) in [6.07, 6.45) is 4.98. The molecular formula is C14H12N4O. The molecule has 0 spiro atoms. The molecule has 2 heterocycles. The molecule has 5 nitrogen and oxygen atoms in total. The van der Waals surface area contributed by atoms with Gasteiger partial charge in [0.1, 0.15) is 0 Å². The van der Waals surface area contributed by atoms with Crippen molar-refractivity contribution in [3.05, 3.63) is 65.0 Å². The van der Waals surface area contributed by atoms with Gasteiger partial charge >= 0.3 is 0 Å². The first-order valence-electron chi connectivity index (χ1n) is 5.87.